The highest BCUT2D eigenvalue weighted by Crippen LogP contribution is 2.23. The van der Waals surface area contributed by atoms with Crippen LogP contribution in [0.15, 0.2) is 18.2 Å². The minimum atomic E-state index is -0.373. The number of aromatic nitrogens is 3. The van der Waals surface area contributed by atoms with Crippen molar-refractivity contribution in [2.24, 2.45) is 0 Å². The second kappa shape index (κ2) is 4.89. The molecule has 0 amide bonds. The number of nitrogens with zero attached hydrogens (tertiary/aromatic N) is 2. The summed E-state index contributed by atoms with van der Waals surface area (Å²) in [5, 5.41) is 6.89. The van der Waals surface area contributed by atoms with Gasteiger partial charge >= 0.3 is 0 Å². The van der Waals surface area contributed by atoms with Crippen LogP contribution in [0.5, 0.6) is 5.75 Å². The van der Waals surface area contributed by atoms with Gasteiger partial charge in [-0.3, -0.25) is 9.67 Å². The number of halogens is 1. The number of benzene rings is 1. The lowest BCUT2D eigenvalue weighted by Gasteiger charge is -2.10. The zero-order valence-electron chi connectivity index (χ0n) is 10.4. The molecule has 2 rings (SSSR count). The zero-order chi connectivity index (χ0) is 13.3. The van der Waals surface area contributed by atoms with Crippen LogP contribution in [0.3, 0.4) is 0 Å². The first-order valence-corrected chi connectivity index (χ1v) is 5.96. The smallest absolute Gasteiger partial charge is 0.199 e. The summed E-state index contributed by atoms with van der Waals surface area (Å²) in [6.07, 6.45) is 0. The lowest BCUT2D eigenvalue weighted by atomic mass is 10.2. The van der Waals surface area contributed by atoms with E-state index in [-0.39, 0.29) is 11.7 Å². The molecule has 1 N–H and O–H groups in total. The van der Waals surface area contributed by atoms with E-state index in [1.165, 1.54) is 19.2 Å². The average molecular weight is 267 g/mol. The third-order valence-corrected chi connectivity index (χ3v) is 2.84. The van der Waals surface area contributed by atoms with Crippen molar-refractivity contribution < 1.29 is 9.13 Å². The van der Waals surface area contributed by atoms with Gasteiger partial charge in [0.05, 0.1) is 12.8 Å². The van der Waals surface area contributed by atoms with Gasteiger partial charge < -0.3 is 4.74 Å². The maximum atomic E-state index is 13.5. The molecule has 6 heteroatoms. The Morgan fingerprint density at radius 1 is 1.39 bits per heavy atom. The fourth-order valence-corrected chi connectivity index (χ4v) is 1.99. The lowest BCUT2D eigenvalue weighted by molar-refractivity contribution is 0.411. The van der Waals surface area contributed by atoms with Gasteiger partial charge in [-0.25, -0.2) is 4.39 Å². The first-order chi connectivity index (χ1) is 8.52. The molecule has 0 saturated heterocycles. The first kappa shape index (κ1) is 12.8. The molecule has 0 spiro atoms. The van der Waals surface area contributed by atoms with Crippen LogP contribution in [-0.2, 0) is 0 Å². The van der Waals surface area contributed by atoms with E-state index in [0.29, 0.717) is 16.2 Å². The molecule has 1 aromatic heterocycles. The molecule has 0 fully saturated rings. The van der Waals surface area contributed by atoms with Crippen molar-refractivity contribution in [2.75, 3.05) is 7.11 Å². The molecule has 0 radical (unpaired) electrons. The van der Waals surface area contributed by atoms with Crippen LogP contribution in [0.2, 0.25) is 0 Å². The number of ether oxygens (including phenoxy) is 1. The van der Waals surface area contributed by atoms with Crippen LogP contribution < -0.4 is 4.74 Å². The lowest BCUT2D eigenvalue weighted by Crippen LogP contribution is -2.04. The van der Waals surface area contributed by atoms with Crippen molar-refractivity contribution in [1.82, 2.24) is 14.8 Å². The van der Waals surface area contributed by atoms with Crippen LogP contribution >= 0.6 is 12.2 Å². The van der Waals surface area contributed by atoms with Crippen LogP contribution in [0.1, 0.15) is 25.6 Å². The second-order valence-electron chi connectivity index (χ2n) is 4.23. The van der Waals surface area contributed by atoms with Crippen molar-refractivity contribution in [3.63, 3.8) is 0 Å². The molecule has 0 atom stereocenters. The molecule has 0 unspecified atom stereocenters. The van der Waals surface area contributed by atoms with Gasteiger partial charge in [0.25, 0.3) is 0 Å². The molecular formula is C12H14FN3OS. The van der Waals surface area contributed by atoms with Gasteiger partial charge in [-0.05, 0) is 18.3 Å². The third kappa shape index (κ3) is 2.28. The van der Waals surface area contributed by atoms with Gasteiger partial charge in [0.2, 0.25) is 0 Å². The number of aromatic amines is 1. The molecule has 0 aliphatic rings. The first-order valence-electron chi connectivity index (χ1n) is 5.55. The van der Waals surface area contributed by atoms with Crippen molar-refractivity contribution in [3.8, 4) is 11.4 Å². The molecule has 18 heavy (non-hydrogen) atoms. The number of rotatable bonds is 3. The summed E-state index contributed by atoms with van der Waals surface area (Å²) in [7, 11) is 1.50. The standard InChI is InChI=1S/C12H14FN3OS/c1-7(2)11-14-15-12(18)16(11)9-4-8(13)5-10(6-9)17-3/h4-7H,1-3H3,(H,15,18). The van der Waals surface area contributed by atoms with Gasteiger partial charge in [-0.15, -0.1) is 0 Å². The predicted octanol–water partition coefficient (Wildman–Crippen LogP) is 3.20. The van der Waals surface area contributed by atoms with E-state index >= 15 is 0 Å². The van der Waals surface area contributed by atoms with E-state index in [0.717, 1.165) is 5.82 Å². The molecular weight excluding hydrogens is 253 g/mol. The summed E-state index contributed by atoms with van der Waals surface area (Å²) in [4.78, 5) is 0. The molecule has 1 heterocycles. The summed E-state index contributed by atoms with van der Waals surface area (Å²) in [6.45, 7) is 4.00. The van der Waals surface area contributed by atoms with Crippen molar-refractivity contribution >= 4 is 12.2 Å². The second-order valence-corrected chi connectivity index (χ2v) is 4.61. The molecule has 0 saturated carbocycles. The van der Waals surface area contributed by atoms with Crippen LogP contribution in [0.4, 0.5) is 4.39 Å². The summed E-state index contributed by atoms with van der Waals surface area (Å²) in [5.74, 6) is 1.00. The fraction of sp³-hybridized carbons (Fsp3) is 0.333. The highest BCUT2D eigenvalue weighted by atomic mass is 32.1. The number of hydrogen-bond acceptors (Lipinski definition) is 3. The van der Waals surface area contributed by atoms with Crippen molar-refractivity contribution in [3.05, 3.63) is 34.6 Å². The largest absolute Gasteiger partial charge is 0.497 e. The average Bonchev–Trinajstić information content (AvgIpc) is 2.70. The molecule has 0 bridgehead atoms. The number of H-pyrrole nitrogens is 1. The number of methoxy groups -OCH3 is 1. The van der Waals surface area contributed by atoms with Gasteiger partial charge in [0.15, 0.2) is 4.77 Å². The maximum Gasteiger partial charge on any atom is 0.199 e. The predicted molar refractivity (Wildman–Crippen MR) is 69.3 cm³/mol. The van der Waals surface area contributed by atoms with Gasteiger partial charge in [0, 0.05) is 18.1 Å². The minimum absolute atomic E-state index is 0.173. The van der Waals surface area contributed by atoms with Crippen molar-refractivity contribution in [1.29, 1.82) is 0 Å². The van der Waals surface area contributed by atoms with Gasteiger partial charge in [-0.1, -0.05) is 13.8 Å². The Bertz CT molecular complexity index is 618. The van der Waals surface area contributed by atoms with Gasteiger partial charge in [-0.2, -0.15) is 5.10 Å². The Kier molecular flexibility index (Phi) is 3.47. The van der Waals surface area contributed by atoms with E-state index < -0.39 is 0 Å². The fourth-order valence-electron chi connectivity index (χ4n) is 1.74. The molecule has 0 aliphatic heterocycles. The van der Waals surface area contributed by atoms with Crippen LogP contribution in [-0.4, -0.2) is 21.9 Å². The highest BCUT2D eigenvalue weighted by Gasteiger charge is 2.13. The highest BCUT2D eigenvalue weighted by molar-refractivity contribution is 7.71. The zero-order valence-corrected chi connectivity index (χ0v) is 11.2. The van der Waals surface area contributed by atoms with Crippen LogP contribution in [0, 0.1) is 10.6 Å². The summed E-state index contributed by atoms with van der Waals surface area (Å²) in [6, 6.07) is 4.45. The van der Waals surface area contributed by atoms with Crippen molar-refractivity contribution in [2.45, 2.75) is 19.8 Å². The quantitative estimate of drug-likeness (QED) is 0.868. The van der Waals surface area contributed by atoms with E-state index in [2.05, 4.69) is 10.2 Å². The summed E-state index contributed by atoms with van der Waals surface area (Å²) >= 11 is 5.18. The Labute approximate surface area is 109 Å². The van der Waals surface area contributed by atoms with Gasteiger partial charge in [0.1, 0.15) is 17.4 Å². The Balaban J connectivity index is 2.65. The minimum Gasteiger partial charge on any atom is -0.497 e. The van der Waals surface area contributed by atoms with Crippen LogP contribution in [0.25, 0.3) is 5.69 Å². The SMILES string of the molecule is COc1cc(F)cc(-n2c(C(C)C)n[nH]c2=S)c1. The molecule has 0 aliphatic carbocycles. The normalized spacial score (nSPS) is 10.9. The Morgan fingerprint density at radius 3 is 2.72 bits per heavy atom. The van der Waals surface area contributed by atoms with E-state index in [4.69, 9.17) is 17.0 Å². The topological polar surface area (TPSA) is 42.8 Å². The summed E-state index contributed by atoms with van der Waals surface area (Å²) < 4.78 is 20.7. The number of hydrogen-bond donors (Lipinski definition) is 1. The Morgan fingerprint density at radius 2 is 2.11 bits per heavy atom. The molecule has 96 valence electrons. The monoisotopic (exact) mass is 267 g/mol. The van der Waals surface area contributed by atoms with E-state index in [9.17, 15) is 4.39 Å². The Hall–Kier alpha value is -1.69. The summed E-state index contributed by atoms with van der Waals surface area (Å²) in [5.41, 5.74) is 0.606. The molecule has 1 aromatic carbocycles. The van der Waals surface area contributed by atoms with E-state index in [1.54, 1.807) is 10.6 Å². The maximum absolute atomic E-state index is 13.5. The molecule has 4 nitrogen and oxygen atoms in total. The number of nitrogens with one attached hydrogen (secondary N) is 1. The third-order valence-electron chi connectivity index (χ3n) is 2.56. The molecule has 2 aromatic rings. The van der Waals surface area contributed by atoms with E-state index in [1.807, 2.05) is 13.8 Å².